The summed E-state index contributed by atoms with van der Waals surface area (Å²) in [7, 11) is 0. The van der Waals surface area contributed by atoms with Gasteiger partial charge in [0, 0.05) is 6.54 Å². The summed E-state index contributed by atoms with van der Waals surface area (Å²) < 4.78 is 5.56. The van der Waals surface area contributed by atoms with Crippen LogP contribution in [0.25, 0.3) is 11.1 Å². The van der Waals surface area contributed by atoms with Crippen LogP contribution in [-0.2, 0) is 4.79 Å². The number of carbonyl (C=O) groups excluding carboxylic acids is 1. The number of hydrogen-bond donors (Lipinski definition) is 3. The molecule has 3 rings (SSSR count). The van der Waals surface area contributed by atoms with E-state index >= 15 is 0 Å². The molecule has 26 heavy (non-hydrogen) atoms. The van der Waals surface area contributed by atoms with Crippen LogP contribution in [0.2, 0.25) is 0 Å². The summed E-state index contributed by atoms with van der Waals surface area (Å²) in [6, 6.07) is 6.97. The number of amides is 1. The summed E-state index contributed by atoms with van der Waals surface area (Å²) in [5.74, 6) is 0.220. The van der Waals surface area contributed by atoms with Gasteiger partial charge in [-0.2, -0.15) is 0 Å². The van der Waals surface area contributed by atoms with Gasteiger partial charge in [-0.3, -0.25) is 4.79 Å². The number of rotatable bonds is 8. The summed E-state index contributed by atoms with van der Waals surface area (Å²) in [4.78, 5) is 16.5. The van der Waals surface area contributed by atoms with E-state index in [1.807, 2.05) is 24.3 Å². The molecule has 1 unspecified atom stereocenters. The summed E-state index contributed by atoms with van der Waals surface area (Å²) in [6.07, 6.45) is 5.86. The average Bonchev–Trinajstić information content (AvgIpc) is 3.24. The number of nitrogens with zero attached hydrogens (tertiary/aromatic N) is 1. The lowest BCUT2D eigenvalue weighted by Gasteiger charge is -2.26. The smallest absolute Gasteiger partial charge is 0.236 e. The van der Waals surface area contributed by atoms with Crippen molar-refractivity contribution >= 4 is 17.0 Å². The lowest BCUT2D eigenvalue weighted by Crippen LogP contribution is -2.43. The first kappa shape index (κ1) is 18.9. The predicted molar refractivity (Wildman–Crippen MR) is 100 cm³/mol. The second kappa shape index (κ2) is 8.18. The molecule has 0 saturated heterocycles. The molecule has 0 radical (unpaired) electrons. The molecule has 1 saturated carbocycles. The Hall–Kier alpha value is -1.92. The average molecular weight is 359 g/mol. The number of aliphatic hydroxyl groups is 1. The first-order valence-corrected chi connectivity index (χ1v) is 9.54. The number of aliphatic hydroxyl groups excluding tert-OH is 1. The Bertz CT molecular complexity index is 704. The van der Waals surface area contributed by atoms with Crippen molar-refractivity contribution in [1.82, 2.24) is 10.3 Å². The summed E-state index contributed by atoms with van der Waals surface area (Å²) in [5.41, 5.74) is 7.69. The molecule has 1 fully saturated rings. The third-order valence-corrected chi connectivity index (χ3v) is 5.41. The monoisotopic (exact) mass is 359 g/mol. The third kappa shape index (κ3) is 4.62. The van der Waals surface area contributed by atoms with Crippen LogP contribution in [0.4, 0.5) is 0 Å². The topological polar surface area (TPSA) is 101 Å². The summed E-state index contributed by atoms with van der Waals surface area (Å²) in [6.45, 7) is 2.71. The normalized spacial score (nSPS) is 18.7. The molecule has 6 heteroatoms. The number of fused-ring (bicyclic) bond motifs is 1. The quantitative estimate of drug-likeness (QED) is 0.629. The molecule has 142 valence electrons. The van der Waals surface area contributed by atoms with Crippen LogP contribution in [0.5, 0.6) is 0 Å². The van der Waals surface area contributed by atoms with Gasteiger partial charge in [0.1, 0.15) is 11.6 Å². The van der Waals surface area contributed by atoms with Crippen molar-refractivity contribution in [3.05, 3.63) is 30.2 Å². The van der Waals surface area contributed by atoms with Crippen LogP contribution < -0.4 is 11.1 Å². The number of aromatic nitrogens is 1. The standard InChI is InChI=1S/C20H29N3O3/c1-20(10-4-5-11-20)13-14(21)18(25)22-12-6-8-16(24)19-23-15-7-2-3-9-17(15)26-19/h2-3,7,9,14,16,24H,4-6,8,10-13,21H2,1H3,(H,22,25)/t14-,16?/m0/s1. The Balaban J connectivity index is 1.39. The van der Waals surface area contributed by atoms with Gasteiger partial charge in [-0.15, -0.1) is 0 Å². The van der Waals surface area contributed by atoms with Crippen LogP contribution in [0.1, 0.15) is 63.9 Å². The molecule has 1 amide bonds. The van der Waals surface area contributed by atoms with Gasteiger partial charge in [-0.05, 0) is 49.7 Å². The lowest BCUT2D eigenvalue weighted by molar-refractivity contribution is -0.123. The van der Waals surface area contributed by atoms with Gasteiger partial charge in [0.2, 0.25) is 11.8 Å². The zero-order valence-electron chi connectivity index (χ0n) is 15.4. The number of carbonyl (C=O) groups is 1. The van der Waals surface area contributed by atoms with E-state index in [-0.39, 0.29) is 11.3 Å². The fourth-order valence-electron chi connectivity index (χ4n) is 3.85. The van der Waals surface area contributed by atoms with E-state index in [9.17, 15) is 9.90 Å². The van der Waals surface area contributed by atoms with Gasteiger partial charge in [0.15, 0.2) is 5.58 Å². The fourth-order valence-corrected chi connectivity index (χ4v) is 3.85. The number of benzene rings is 1. The highest BCUT2D eigenvalue weighted by Gasteiger charge is 2.32. The van der Waals surface area contributed by atoms with Gasteiger partial charge in [0.25, 0.3) is 0 Å². The minimum absolute atomic E-state index is 0.102. The molecule has 6 nitrogen and oxygen atoms in total. The van der Waals surface area contributed by atoms with Gasteiger partial charge >= 0.3 is 0 Å². The predicted octanol–water partition coefficient (Wildman–Crippen LogP) is 3.06. The second-order valence-corrected chi connectivity index (χ2v) is 7.80. The minimum atomic E-state index is -0.773. The highest BCUT2D eigenvalue weighted by atomic mass is 16.4. The highest BCUT2D eigenvalue weighted by Crippen LogP contribution is 2.41. The van der Waals surface area contributed by atoms with Crippen LogP contribution in [0, 0.1) is 5.41 Å². The van der Waals surface area contributed by atoms with Gasteiger partial charge in [-0.25, -0.2) is 4.98 Å². The van der Waals surface area contributed by atoms with Crippen LogP contribution in [0.3, 0.4) is 0 Å². The van der Waals surface area contributed by atoms with E-state index in [0.717, 1.165) is 24.8 Å². The van der Waals surface area contributed by atoms with E-state index in [2.05, 4.69) is 17.2 Å². The van der Waals surface area contributed by atoms with Crippen LogP contribution in [0.15, 0.2) is 28.7 Å². The molecular formula is C20H29N3O3. The number of nitrogens with two attached hydrogens (primary N) is 1. The van der Waals surface area contributed by atoms with Gasteiger partial charge in [-0.1, -0.05) is 31.9 Å². The van der Waals surface area contributed by atoms with Crippen molar-refractivity contribution in [2.24, 2.45) is 11.1 Å². The molecule has 2 aromatic rings. The molecule has 0 aliphatic heterocycles. The summed E-state index contributed by atoms with van der Waals surface area (Å²) in [5, 5.41) is 13.1. The number of nitrogens with one attached hydrogen (secondary N) is 1. The first-order chi connectivity index (χ1) is 12.5. The molecule has 1 aromatic heterocycles. The zero-order valence-corrected chi connectivity index (χ0v) is 15.4. The Morgan fingerprint density at radius 3 is 2.85 bits per heavy atom. The maximum Gasteiger partial charge on any atom is 0.236 e. The fraction of sp³-hybridized carbons (Fsp3) is 0.600. The van der Waals surface area contributed by atoms with Gasteiger partial charge in [0.05, 0.1) is 6.04 Å². The van der Waals surface area contributed by atoms with Crippen LogP contribution in [-0.4, -0.2) is 28.6 Å². The molecule has 1 heterocycles. The molecular weight excluding hydrogens is 330 g/mol. The van der Waals surface area contributed by atoms with Crippen molar-refractivity contribution in [1.29, 1.82) is 0 Å². The largest absolute Gasteiger partial charge is 0.438 e. The maximum absolute atomic E-state index is 12.2. The van der Waals surface area contributed by atoms with Crippen molar-refractivity contribution in [3.63, 3.8) is 0 Å². The number of para-hydroxylation sites is 2. The molecule has 0 bridgehead atoms. The SMILES string of the molecule is CC1(C[C@H](N)C(=O)NCCCC(O)c2nc3ccccc3o2)CCCC1. The molecule has 1 aliphatic carbocycles. The Morgan fingerprint density at radius 1 is 1.38 bits per heavy atom. The highest BCUT2D eigenvalue weighted by molar-refractivity contribution is 5.81. The van der Waals surface area contributed by atoms with Crippen molar-refractivity contribution < 1.29 is 14.3 Å². The number of hydrogen-bond acceptors (Lipinski definition) is 5. The minimum Gasteiger partial charge on any atom is -0.438 e. The van der Waals surface area contributed by atoms with E-state index in [1.54, 1.807) is 0 Å². The number of oxazole rings is 1. The first-order valence-electron chi connectivity index (χ1n) is 9.54. The zero-order chi connectivity index (χ0) is 18.6. The molecule has 1 aromatic carbocycles. The van der Waals surface area contributed by atoms with Crippen molar-refractivity contribution in [3.8, 4) is 0 Å². The van der Waals surface area contributed by atoms with Gasteiger partial charge < -0.3 is 20.6 Å². The summed E-state index contributed by atoms with van der Waals surface area (Å²) >= 11 is 0. The Morgan fingerprint density at radius 2 is 2.12 bits per heavy atom. The van der Waals surface area contributed by atoms with E-state index in [1.165, 1.54) is 12.8 Å². The molecule has 0 spiro atoms. The Labute approximate surface area is 154 Å². The second-order valence-electron chi connectivity index (χ2n) is 7.80. The van der Waals surface area contributed by atoms with E-state index in [4.69, 9.17) is 10.2 Å². The lowest BCUT2D eigenvalue weighted by atomic mass is 9.82. The van der Waals surface area contributed by atoms with E-state index in [0.29, 0.717) is 30.9 Å². The van der Waals surface area contributed by atoms with Crippen molar-refractivity contribution in [2.75, 3.05) is 6.54 Å². The van der Waals surface area contributed by atoms with Crippen LogP contribution >= 0.6 is 0 Å². The molecule has 4 N–H and O–H groups in total. The molecule has 1 aliphatic rings. The maximum atomic E-state index is 12.2. The Kier molecular flexibility index (Phi) is 5.94. The third-order valence-electron chi connectivity index (χ3n) is 5.41. The van der Waals surface area contributed by atoms with E-state index < -0.39 is 12.1 Å². The van der Waals surface area contributed by atoms with Crippen molar-refractivity contribution in [2.45, 2.75) is 64.0 Å². The molecule has 2 atom stereocenters.